The van der Waals surface area contributed by atoms with Gasteiger partial charge in [-0.25, -0.2) is 13.1 Å². The van der Waals surface area contributed by atoms with E-state index in [-0.39, 0.29) is 17.4 Å². The van der Waals surface area contributed by atoms with Gasteiger partial charge in [0.2, 0.25) is 15.9 Å². The van der Waals surface area contributed by atoms with E-state index in [0.717, 1.165) is 6.42 Å². The molecule has 0 aliphatic heterocycles. The lowest BCUT2D eigenvalue weighted by atomic mass is 9.78. The summed E-state index contributed by atoms with van der Waals surface area (Å²) in [5.41, 5.74) is -0.174. The zero-order chi connectivity index (χ0) is 14.8. The molecular weight excluding hydrogens is 280 g/mol. The van der Waals surface area contributed by atoms with E-state index in [1.165, 1.54) is 31.2 Å². The second kappa shape index (κ2) is 5.51. The van der Waals surface area contributed by atoms with Crippen molar-refractivity contribution >= 4 is 21.6 Å². The Morgan fingerprint density at radius 3 is 2.30 bits per heavy atom. The summed E-state index contributed by atoms with van der Waals surface area (Å²) in [6.45, 7) is 1.18. The quantitative estimate of drug-likeness (QED) is 0.750. The predicted octanol–water partition coefficient (Wildman–Crippen LogP) is 0.838. The van der Waals surface area contributed by atoms with Crippen LogP contribution >= 0.6 is 0 Å². The minimum atomic E-state index is -3.66. The van der Waals surface area contributed by atoms with Crippen LogP contribution in [-0.4, -0.2) is 31.6 Å². The van der Waals surface area contributed by atoms with Gasteiger partial charge in [-0.2, -0.15) is 0 Å². The number of sulfonamides is 1. The Morgan fingerprint density at radius 1 is 1.30 bits per heavy atom. The molecule has 1 fully saturated rings. The zero-order valence-corrected chi connectivity index (χ0v) is 12.0. The van der Waals surface area contributed by atoms with E-state index in [1.54, 1.807) is 0 Å². The van der Waals surface area contributed by atoms with Crippen LogP contribution in [0.25, 0.3) is 0 Å². The molecule has 1 saturated carbocycles. The molecule has 1 amide bonds. The number of hydrogen-bond donors (Lipinski definition) is 3. The van der Waals surface area contributed by atoms with Gasteiger partial charge >= 0.3 is 0 Å². The fourth-order valence-electron chi connectivity index (χ4n) is 2.16. The number of hydrogen-bond acceptors (Lipinski definition) is 4. The molecule has 6 nitrogen and oxygen atoms in total. The molecule has 1 aliphatic carbocycles. The van der Waals surface area contributed by atoms with Gasteiger partial charge in [0, 0.05) is 12.6 Å². The highest BCUT2D eigenvalue weighted by Crippen LogP contribution is 2.32. The second-order valence-electron chi connectivity index (χ2n) is 5.10. The third-order valence-corrected chi connectivity index (χ3v) is 5.04. The van der Waals surface area contributed by atoms with Crippen molar-refractivity contribution in [2.24, 2.45) is 0 Å². The van der Waals surface area contributed by atoms with Crippen molar-refractivity contribution in [1.29, 1.82) is 0 Å². The van der Waals surface area contributed by atoms with Gasteiger partial charge in [0.25, 0.3) is 0 Å². The van der Waals surface area contributed by atoms with E-state index in [1.807, 2.05) is 0 Å². The van der Waals surface area contributed by atoms with Crippen molar-refractivity contribution in [1.82, 2.24) is 4.72 Å². The number of carbonyl (C=O) groups excluding carboxylic acids is 1. The number of amides is 1. The molecule has 110 valence electrons. The van der Waals surface area contributed by atoms with Crippen molar-refractivity contribution < 1.29 is 18.3 Å². The minimum absolute atomic E-state index is 0.117. The van der Waals surface area contributed by atoms with Crippen LogP contribution in [0.1, 0.15) is 26.2 Å². The third kappa shape index (κ3) is 3.17. The van der Waals surface area contributed by atoms with Crippen molar-refractivity contribution in [2.75, 3.05) is 11.9 Å². The minimum Gasteiger partial charge on any atom is -0.394 e. The first-order valence-corrected chi connectivity index (χ1v) is 7.88. The average Bonchev–Trinajstić information content (AvgIpc) is 2.34. The SMILES string of the molecule is CC(=O)Nc1ccc(S(=O)(=O)NC2(CO)CCC2)cc1. The van der Waals surface area contributed by atoms with Crippen LogP contribution in [0.4, 0.5) is 5.69 Å². The number of rotatable bonds is 5. The molecular formula is C13H18N2O4S. The number of nitrogens with one attached hydrogen (secondary N) is 2. The fourth-order valence-corrected chi connectivity index (χ4v) is 3.61. The van der Waals surface area contributed by atoms with Crippen molar-refractivity contribution in [3.63, 3.8) is 0 Å². The molecule has 0 unspecified atom stereocenters. The standard InChI is InChI=1S/C13H18N2O4S/c1-10(17)14-11-3-5-12(6-4-11)20(18,19)15-13(9-16)7-2-8-13/h3-6,15-16H,2,7-9H2,1H3,(H,14,17). The van der Waals surface area contributed by atoms with Gasteiger partial charge in [0.15, 0.2) is 0 Å². The Bertz CT molecular complexity index is 586. The first-order chi connectivity index (χ1) is 9.37. The smallest absolute Gasteiger partial charge is 0.241 e. The lowest BCUT2D eigenvalue weighted by Crippen LogP contribution is -2.55. The van der Waals surface area contributed by atoms with Crippen molar-refractivity contribution in [2.45, 2.75) is 36.6 Å². The molecule has 0 heterocycles. The van der Waals surface area contributed by atoms with E-state index in [9.17, 15) is 18.3 Å². The third-order valence-electron chi connectivity index (χ3n) is 3.45. The molecule has 2 rings (SSSR count). The predicted molar refractivity (Wildman–Crippen MR) is 74.7 cm³/mol. The van der Waals surface area contributed by atoms with Crippen LogP contribution in [0, 0.1) is 0 Å². The number of carbonyl (C=O) groups is 1. The van der Waals surface area contributed by atoms with Crippen LogP contribution in [0.5, 0.6) is 0 Å². The molecule has 0 saturated heterocycles. The maximum Gasteiger partial charge on any atom is 0.241 e. The number of aliphatic hydroxyl groups is 1. The topological polar surface area (TPSA) is 95.5 Å². The van der Waals surface area contributed by atoms with E-state index in [0.29, 0.717) is 18.5 Å². The summed E-state index contributed by atoms with van der Waals surface area (Å²) in [5.74, 6) is -0.215. The first-order valence-electron chi connectivity index (χ1n) is 6.39. The molecule has 3 N–H and O–H groups in total. The highest BCUT2D eigenvalue weighted by Gasteiger charge is 2.40. The molecule has 20 heavy (non-hydrogen) atoms. The van der Waals surface area contributed by atoms with Gasteiger partial charge in [-0.3, -0.25) is 4.79 Å². The molecule has 0 bridgehead atoms. The summed E-state index contributed by atoms with van der Waals surface area (Å²) in [4.78, 5) is 11.0. The van der Waals surface area contributed by atoms with E-state index < -0.39 is 15.6 Å². The highest BCUT2D eigenvalue weighted by atomic mass is 32.2. The molecule has 1 aromatic carbocycles. The Morgan fingerprint density at radius 2 is 1.90 bits per heavy atom. The van der Waals surface area contributed by atoms with Gasteiger partial charge in [-0.1, -0.05) is 0 Å². The summed E-state index contributed by atoms with van der Waals surface area (Å²) in [6, 6.07) is 5.92. The van der Waals surface area contributed by atoms with Crippen molar-refractivity contribution in [3.05, 3.63) is 24.3 Å². The number of aliphatic hydroxyl groups excluding tert-OH is 1. The maximum atomic E-state index is 12.2. The molecule has 0 spiro atoms. The lowest BCUT2D eigenvalue weighted by Gasteiger charge is -2.40. The van der Waals surface area contributed by atoms with E-state index in [4.69, 9.17) is 0 Å². The highest BCUT2D eigenvalue weighted by molar-refractivity contribution is 7.89. The van der Waals surface area contributed by atoms with Gasteiger partial charge < -0.3 is 10.4 Å². The lowest BCUT2D eigenvalue weighted by molar-refractivity contribution is -0.114. The Kier molecular flexibility index (Phi) is 4.12. The van der Waals surface area contributed by atoms with Crippen LogP contribution in [-0.2, 0) is 14.8 Å². The molecule has 0 radical (unpaired) electrons. The van der Waals surface area contributed by atoms with Crippen molar-refractivity contribution in [3.8, 4) is 0 Å². The van der Waals surface area contributed by atoms with Gasteiger partial charge in [-0.15, -0.1) is 0 Å². The largest absolute Gasteiger partial charge is 0.394 e. The fraction of sp³-hybridized carbons (Fsp3) is 0.462. The summed E-state index contributed by atoms with van der Waals surface area (Å²) in [7, 11) is -3.66. The Labute approximate surface area is 118 Å². The van der Waals surface area contributed by atoms with E-state index >= 15 is 0 Å². The summed E-state index contributed by atoms with van der Waals surface area (Å²) < 4.78 is 27.0. The molecule has 0 atom stereocenters. The summed E-state index contributed by atoms with van der Waals surface area (Å²) in [5, 5.41) is 11.9. The number of benzene rings is 1. The molecule has 7 heteroatoms. The molecule has 1 aliphatic rings. The summed E-state index contributed by atoms with van der Waals surface area (Å²) in [6.07, 6.45) is 2.20. The van der Waals surface area contributed by atoms with Crippen LogP contribution in [0.15, 0.2) is 29.2 Å². The van der Waals surface area contributed by atoms with Gasteiger partial charge in [-0.05, 0) is 43.5 Å². The van der Waals surface area contributed by atoms with Gasteiger partial charge in [0.05, 0.1) is 17.0 Å². The summed E-state index contributed by atoms with van der Waals surface area (Å²) >= 11 is 0. The monoisotopic (exact) mass is 298 g/mol. The molecule has 1 aromatic rings. The van der Waals surface area contributed by atoms with Crippen LogP contribution in [0.3, 0.4) is 0 Å². The Balaban J connectivity index is 2.15. The van der Waals surface area contributed by atoms with Crippen LogP contribution in [0.2, 0.25) is 0 Å². The number of anilines is 1. The normalized spacial score (nSPS) is 17.3. The first kappa shape index (κ1) is 15.0. The van der Waals surface area contributed by atoms with Gasteiger partial charge in [0.1, 0.15) is 0 Å². The molecule has 0 aromatic heterocycles. The maximum absolute atomic E-state index is 12.2. The van der Waals surface area contributed by atoms with Crippen LogP contribution < -0.4 is 10.0 Å². The van der Waals surface area contributed by atoms with E-state index in [2.05, 4.69) is 10.0 Å². The Hall–Kier alpha value is -1.44. The zero-order valence-electron chi connectivity index (χ0n) is 11.2. The second-order valence-corrected chi connectivity index (χ2v) is 6.79. The average molecular weight is 298 g/mol.